The van der Waals surface area contributed by atoms with Crippen molar-refractivity contribution in [3.05, 3.63) is 37.9 Å². The standard InChI is InChI=1S/C8H3BrFNO2S/c9-5-3-6(11(12)13)7(10)8-4(5)1-2-14-8/h1-3H. The number of nitro groups is 1. The summed E-state index contributed by atoms with van der Waals surface area (Å²) in [5.41, 5.74) is -0.494. The van der Waals surface area contributed by atoms with Crippen molar-refractivity contribution in [1.82, 2.24) is 0 Å². The van der Waals surface area contributed by atoms with Crippen LogP contribution >= 0.6 is 27.3 Å². The Morgan fingerprint density at radius 2 is 2.29 bits per heavy atom. The molecule has 3 nitrogen and oxygen atoms in total. The third-order valence-corrected chi connectivity index (χ3v) is 3.37. The van der Waals surface area contributed by atoms with Gasteiger partial charge in [-0.15, -0.1) is 11.3 Å². The molecule has 0 fully saturated rings. The minimum atomic E-state index is -0.761. The fraction of sp³-hybridized carbons (Fsp3) is 0. The molecule has 6 heteroatoms. The first-order valence-electron chi connectivity index (χ1n) is 3.61. The van der Waals surface area contributed by atoms with Crippen molar-refractivity contribution < 1.29 is 9.31 Å². The van der Waals surface area contributed by atoms with E-state index < -0.39 is 16.4 Å². The quantitative estimate of drug-likeness (QED) is 0.588. The zero-order valence-electron chi connectivity index (χ0n) is 6.66. The summed E-state index contributed by atoms with van der Waals surface area (Å²) in [4.78, 5) is 9.77. The van der Waals surface area contributed by atoms with Crippen molar-refractivity contribution in [1.29, 1.82) is 0 Å². The lowest BCUT2D eigenvalue weighted by atomic mass is 10.2. The molecule has 0 radical (unpaired) electrons. The van der Waals surface area contributed by atoms with Gasteiger partial charge in [0.25, 0.3) is 0 Å². The molecular weight excluding hydrogens is 273 g/mol. The van der Waals surface area contributed by atoms with Gasteiger partial charge in [-0.25, -0.2) is 0 Å². The molecule has 0 unspecified atom stereocenters. The van der Waals surface area contributed by atoms with E-state index in [1.807, 2.05) is 0 Å². The summed E-state index contributed by atoms with van der Waals surface area (Å²) >= 11 is 4.32. The van der Waals surface area contributed by atoms with Crippen molar-refractivity contribution in [3.63, 3.8) is 0 Å². The number of nitrogens with zero attached hydrogens (tertiary/aromatic N) is 1. The van der Waals surface area contributed by atoms with Gasteiger partial charge >= 0.3 is 5.69 Å². The van der Waals surface area contributed by atoms with Crippen molar-refractivity contribution in [2.24, 2.45) is 0 Å². The number of benzene rings is 1. The summed E-state index contributed by atoms with van der Waals surface area (Å²) in [5.74, 6) is -0.761. The van der Waals surface area contributed by atoms with Crippen LogP contribution < -0.4 is 0 Å². The number of halogens is 2. The van der Waals surface area contributed by atoms with Gasteiger partial charge in [0.1, 0.15) is 0 Å². The summed E-state index contributed by atoms with van der Waals surface area (Å²) < 4.78 is 14.3. The molecule has 0 N–H and O–H groups in total. The second kappa shape index (κ2) is 3.29. The molecule has 2 rings (SSSR count). The lowest BCUT2D eigenvalue weighted by Crippen LogP contribution is -1.92. The minimum Gasteiger partial charge on any atom is -0.258 e. The Hall–Kier alpha value is -1.01. The summed E-state index contributed by atoms with van der Waals surface area (Å²) in [6.45, 7) is 0. The molecule has 2 aromatic rings. The highest BCUT2D eigenvalue weighted by atomic mass is 79.9. The van der Waals surface area contributed by atoms with E-state index in [-0.39, 0.29) is 0 Å². The predicted octanol–water partition coefficient (Wildman–Crippen LogP) is 3.71. The zero-order chi connectivity index (χ0) is 10.3. The molecular formula is C8H3BrFNO2S. The van der Waals surface area contributed by atoms with Gasteiger partial charge in [-0.1, -0.05) is 0 Å². The maximum atomic E-state index is 13.5. The second-order valence-electron chi connectivity index (χ2n) is 2.61. The van der Waals surface area contributed by atoms with Gasteiger partial charge in [0, 0.05) is 15.9 Å². The first-order valence-corrected chi connectivity index (χ1v) is 5.28. The minimum absolute atomic E-state index is 0.311. The highest BCUT2D eigenvalue weighted by Gasteiger charge is 2.19. The lowest BCUT2D eigenvalue weighted by molar-refractivity contribution is -0.387. The fourth-order valence-electron chi connectivity index (χ4n) is 1.18. The van der Waals surface area contributed by atoms with E-state index in [0.717, 1.165) is 11.3 Å². The zero-order valence-corrected chi connectivity index (χ0v) is 9.06. The lowest BCUT2D eigenvalue weighted by Gasteiger charge is -1.97. The number of hydrogen-bond donors (Lipinski definition) is 0. The van der Waals surface area contributed by atoms with Crippen LogP contribution in [0, 0.1) is 15.9 Å². The normalized spacial score (nSPS) is 10.7. The predicted molar refractivity (Wildman–Crippen MR) is 56.1 cm³/mol. The maximum absolute atomic E-state index is 13.5. The maximum Gasteiger partial charge on any atom is 0.307 e. The highest BCUT2D eigenvalue weighted by molar-refractivity contribution is 9.10. The first kappa shape index (κ1) is 9.54. The SMILES string of the molecule is O=[N+]([O-])c1cc(Br)c2ccsc2c1F. The van der Waals surface area contributed by atoms with Crippen LogP contribution in [0.15, 0.2) is 22.0 Å². The van der Waals surface area contributed by atoms with Gasteiger partial charge < -0.3 is 0 Å². The monoisotopic (exact) mass is 275 g/mol. The van der Waals surface area contributed by atoms with E-state index in [4.69, 9.17) is 0 Å². The summed E-state index contributed by atoms with van der Waals surface area (Å²) in [7, 11) is 0. The Bertz CT molecular complexity index is 525. The van der Waals surface area contributed by atoms with Crippen LogP contribution in [0.3, 0.4) is 0 Å². The van der Waals surface area contributed by atoms with Gasteiger partial charge in [0.15, 0.2) is 0 Å². The summed E-state index contributed by atoms with van der Waals surface area (Å²) in [6, 6.07) is 2.90. The van der Waals surface area contributed by atoms with Gasteiger partial charge in [0.2, 0.25) is 5.82 Å². The highest BCUT2D eigenvalue weighted by Crippen LogP contribution is 2.35. The van der Waals surface area contributed by atoms with Crippen LogP contribution in [0.25, 0.3) is 10.1 Å². The smallest absolute Gasteiger partial charge is 0.258 e. The van der Waals surface area contributed by atoms with Crippen LogP contribution in [-0.2, 0) is 0 Å². The summed E-state index contributed by atoms with van der Waals surface area (Å²) in [5, 5.41) is 12.9. The number of nitro benzene ring substituents is 1. The molecule has 0 aliphatic rings. The van der Waals surface area contributed by atoms with Crippen LogP contribution in [0.1, 0.15) is 0 Å². The second-order valence-corrected chi connectivity index (χ2v) is 4.38. The van der Waals surface area contributed by atoms with Crippen LogP contribution in [0.5, 0.6) is 0 Å². The molecule has 1 aromatic carbocycles. The molecule has 0 aliphatic carbocycles. The Balaban J connectivity index is 2.88. The molecule has 0 aliphatic heterocycles. The van der Waals surface area contributed by atoms with Gasteiger partial charge in [-0.3, -0.25) is 10.1 Å². The van der Waals surface area contributed by atoms with Crippen molar-refractivity contribution in [3.8, 4) is 0 Å². The third kappa shape index (κ3) is 1.31. The number of thiophene rings is 1. The molecule has 72 valence electrons. The molecule has 1 heterocycles. The van der Waals surface area contributed by atoms with E-state index >= 15 is 0 Å². The van der Waals surface area contributed by atoms with E-state index in [0.29, 0.717) is 14.6 Å². The molecule has 0 saturated carbocycles. The van der Waals surface area contributed by atoms with Crippen LogP contribution in [-0.4, -0.2) is 4.92 Å². The molecule has 0 spiro atoms. The van der Waals surface area contributed by atoms with E-state index in [1.165, 1.54) is 6.07 Å². The van der Waals surface area contributed by atoms with Gasteiger partial charge in [0.05, 0.1) is 9.62 Å². The van der Waals surface area contributed by atoms with E-state index in [1.54, 1.807) is 11.4 Å². The third-order valence-electron chi connectivity index (χ3n) is 1.81. The summed E-state index contributed by atoms with van der Waals surface area (Å²) in [6.07, 6.45) is 0. The Kier molecular flexibility index (Phi) is 2.24. The number of fused-ring (bicyclic) bond motifs is 1. The molecule has 0 atom stereocenters. The Labute approximate surface area is 90.4 Å². The van der Waals surface area contributed by atoms with Crippen molar-refractivity contribution >= 4 is 43.0 Å². The average molecular weight is 276 g/mol. The Morgan fingerprint density at radius 3 is 2.93 bits per heavy atom. The van der Waals surface area contributed by atoms with Crippen molar-refractivity contribution in [2.45, 2.75) is 0 Å². The van der Waals surface area contributed by atoms with E-state index in [9.17, 15) is 14.5 Å². The molecule has 1 aromatic heterocycles. The largest absolute Gasteiger partial charge is 0.307 e. The fourth-order valence-corrected chi connectivity index (χ4v) is 2.71. The van der Waals surface area contributed by atoms with E-state index in [2.05, 4.69) is 15.9 Å². The molecule has 14 heavy (non-hydrogen) atoms. The average Bonchev–Trinajstić information content (AvgIpc) is 2.59. The number of hydrogen-bond acceptors (Lipinski definition) is 3. The molecule has 0 amide bonds. The first-order chi connectivity index (χ1) is 6.61. The number of rotatable bonds is 1. The van der Waals surface area contributed by atoms with Crippen LogP contribution in [0.4, 0.5) is 10.1 Å². The Morgan fingerprint density at radius 1 is 1.57 bits per heavy atom. The van der Waals surface area contributed by atoms with Crippen LogP contribution in [0.2, 0.25) is 0 Å². The molecule has 0 bridgehead atoms. The topological polar surface area (TPSA) is 43.1 Å². The van der Waals surface area contributed by atoms with Gasteiger partial charge in [-0.2, -0.15) is 4.39 Å². The van der Waals surface area contributed by atoms with Crippen molar-refractivity contribution in [2.75, 3.05) is 0 Å². The van der Waals surface area contributed by atoms with Gasteiger partial charge in [-0.05, 0) is 27.4 Å². The molecule has 0 saturated heterocycles.